The number of esters is 4. The van der Waals surface area contributed by atoms with Gasteiger partial charge < -0.3 is 33.8 Å². The first kappa shape index (κ1) is 107. The van der Waals surface area contributed by atoms with Crippen molar-refractivity contribution in [3.05, 3.63) is 0 Å². The van der Waals surface area contributed by atoms with Gasteiger partial charge in [-0.15, -0.1) is 0 Å². The van der Waals surface area contributed by atoms with Gasteiger partial charge in [0.2, 0.25) is 0 Å². The standard InChI is InChI=1S/C90H176O17P2/c1-6-9-12-15-18-21-24-27-29-31-33-35-39-44-49-54-59-64-69-74-88(93)101-80-86(107-90(95)76-71-66-61-56-51-46-41-37-36-38-43-47-52-57-62-67-72-83(4)5)82-105-109(98,99)103-78-84(91)77-102-108(96,97)104-81-85(79-100-87(92)73-68-63-58-53-48-42-26-23-20-17-14-11-8-3)106-89(94)75-70-65-60-55-50-45-40-34-32-30-28-25-22-19-16-13-10-7-2/h83-86,91H,6-82H2,1-5H3,(H,96,97)(H,98,99)/t84-,85+,86+/m0/s1. The highest BCUT2D eigenvalue weighted by atomic mass is 31.2. The maximum Gasteiger partial charge on any atom is 0.472 e. The van der Waals surface area contributed by atoms with Crippen molar-refractivity contribution in [2.75, 3.05) is 39.6 Å². The zero-order valence-corrected chi connectivity index (χ0v) is 73.5. The summed E-state index contributed by atoms with van der Waals surface area (Å²) in [4.78, 5) is 73.4. The maximum atomic E-state index is 13.2. The Morgan fingerprint density at radius 2 is 0.422 bits per heavy atom. The van der Waals surface area contributed by atoms with Crippen LogP contribution in [0.25, 0.3) is 0 Å². The van der Waals surface area contributed by atoms with E-state index in [2.05, 4.69) is 34.6 Å². The lowest BCUT2D eigenvalue weighted by Gasteiger charge is -2.21. The second kappa shape index (κ2) is 82.6. The van der Waals surface area contributed by atoms with E-state index in [4.69, 9.17) is 37.0 Å². The van der Waals surface area contributed by atoms with Crippen molar-refractivity contribution >= 4 is 39.5 Å². The third kappa shape index (κ3) is 83.8. The first-order valence-electron chi connectivity index (χ1n) is 46.6. The molecule has 2 unspecified atom stereocenters. The lowest BCUT2D eigenvalue weighted by Crippen LogP contribution is -2.30. The minimum absolute atomic E-state index is 0.109. The van der Waals surface area contributed by atoms with Gasteiger partial charge in [-0.2, -0.15) is 0 Å². The van der Waals surface area contributed by atoms with Crippen LogP contribution < -0.4 is 0 Å². The molecular weight excluding hydrogens is 1410 g/mol. The van der Waals surface area contributed by atoms with Crippen LogP contribution in [-0.4, -0.2) is 96.7 Å². The molecule has 17 nitrogen and oxygen atoms in total. The van der Waals surface area contributed by atoms with E-state index in [0.717, 1.165) is 95.8 Å². The molecular formula is C90H176O17P2. The van der Waals surface area contributed by atoms with Crippen LogP contribution in [0.5, 0.6) is 0 Å². The van der Waals surface area contributed by atoms with Crippen LogP contribution in [0.1, 0.15) is 490 Å². The summed E-state index contributed by atoms with van der Waals surface area (Å²) in [6, 6.07) is 0. The molecule has 648 valence electrons. The summed E-state index contributed by atoms with van der Waals surface area (Å²) in [5.41, 5.74) is 0. The number of unbranched alkanes of at least 4 members (excludes halogenated alkanes) is 62. The highest BCUT2D eigenvalue weighted by Crippen LogP contribution is 2.45. The van der Waals surface area contributed by atoms with Crippen molar-refractivity contribution in [2.45, 2.75) is 509 Å². The molecule has 0 aliphatic carbocycles. The normalized spacial score (nSPS) is 13.7. The Labute approximate surface area is 670 Å². The number of carbonyl (C=O) groups is 4. The number of hydrogen-bond donors (Lipinski definition) is 3. The molecule has 0 aromatic carbocycles. The first-order valence-corrected chi connectivity index (χ1v) is 49.6. The van der Waals surface area contributed by atoms with Crippen molar-refractivity contribution in [1.82, 2.24) is 0 Å². The van der Waals surface area contributed by atoms with Crippen LogP contribution in [0, 0.1) is 5.92 Å². The van der Waals surface area contributed by atoms with Gasteiger partial charge in [0.1, 0.15) is 19.3 Å². The second-order valence-electron chi connectivity index (χ2n) is 32.8. The number of hydrogen-bond acceptors (Lipinski definition) is 15. The SMILES string of the molecule is CCCCCCCCCCCCCCCCCCCCCC(=O)OC[C@H](COP(=O)(O)OC[C@@H](O)COP(=O)(O)OC[C@@H](COC(=O)CCCCCCCCCCCCCCC)OC(=O)CCCCCCCCCCCCCCCCCCCC)OC(=O)CCCCCCCCCCCCCCCCCCC(C)C. The van der Waals surface area contributed by atoms with Crippen molar-refractivity contribution in [3.63, 3.8) is 0 Å². The van der Waals surface area contributed by atoms with E-state index in [-0.39, 0.29) is 25.7 Å². The maximum absolute atomic E-state index is 13.2. The van der Waals surface area contributed by atoms with Crippen LogP contribution >= 0.6 is 15.6 Å². The monoisotopic (exact) mass is 1590 g/mol. The zero-order valence-electron chi connectivity index (χ0n) is 71.7. The van der Waals surface area contributed by atoms with Crippen LogP contribution in [-0.2, 0) is 65.4 Å². The van der Waals surface area contributed by atoms with E-state index < -0.39 is 97.5 Å². The molecule has 0 bridgehead atoms. The van der Waals surface area contributed by atoms with Gasteiger partial charge in [-0.05, 0) is 31.6 Å². The van der Waals surface area contributed by atoms with E-state index in [0.29, 0.717) is 25.7 Å². The molecule has 0 aliphatic rings. The lowest BCUT2D eigenvalue weighted by atomic mass is 10.0. The Kier molecular flexibility index (Phi) is 81.1. The quantitative estimate of drug-likeness (QED) is 0.0222. The molecule has 0 radical (unpaired) electrons. The predicted octanol–water partition coefficient (Wildman–Crippen LogP) is 27.9. The largest absolute Gasteiger partial charge is 0.472 e. The lowest BCUT2D eigenvalue weighted by molar-refractivity contribution is -0.161. The smallest absolute Gasteiger partial charge is 0.462 e. The predicted molar refractivity (Wildman–Crippen MR) is 451 cm³/mol. The molecule has 0 fully saturated rings. The minimum Gasteiger partial charge on any atom is -0.462 e. The molecule has 0 aliphatic heterocycles. The fourth-order valence-electron chi connectivity index (χ4n) is 14.2. The first-order chi connectivity index (χ1) is 53.0. The third-order valence-corrected chi connectivity index (χ3v) is 23.2. The average Bonchev–Trinajstić information content (AvgIpc) is 0.900. The van der Waals surface area contributed by atoms with Gasteiger partial charge in [-0.25, -0.2) is 9.13 Å². The minimum atomic E-state index is -4.97. The fourth-order valence-corrected chi connectivity index (χ4v) is 15.8. The molecule has 3 N–H and O–H groups in total. The Morgan fingerprint density at radius 3 is 0.624 bits per heavy atom. The van der Waals surface area contributed by atoms with Crippen molar-refractivity contribution in [3.8, 4) is 0 Å². The number of rotatable bonds is 90. The number of aliphatic hydroxyl groups excluding tert-OH is 1. The topological polar surface area (TPSA) is 237 Å². The highest BCUT2D eigenvalue weighted by molar-refractivity contribution is 7.47. The fraction of sp³-hybridized carbons (Fsp3) is 0.956. The van der Waals surface area contributed by atoms with Gasteiger partial charge >= 0.3 is 39.5 Å². The molecule has 5 atom stereocenters. The van der Waals surface area contributed by atoms with Crippen LogP contribution in [0.4, 0.5) is 0 Å². The van der Waals surface area contributed by atoms with Crippen LogP contribution in [0.2, 0.25) is 0 Å². The summed E-state index contributed by atoms with van der Waals surface area (Å²) in [6.07, 6.45) is 77.7. The van der Waals surface area contributed by atoms with Gasteiger partial charge in [0.25, 0.3) is 0 Å². The summed E-state index contributed by atoms with van der Waals surface area (Å²) in [6.45, 7) is 7.43. The van der Waals surface area contributed by atoms with Crippen molar-refractivity contribution < 1.29 is 80.2 Å². The summed E-state index contributed by atoms with van der Waals surface area (Å²) in [5.74, 6) is -1.28. The summed E-state index contributed by atoms with van der Waals surface area (Å²) in [5, 5.41) is 10.7. The Hall–Kier alpha value is -1.94. The number of aliphatic hydroxyl groups is 1. The molecule has 0 heterocycles. The Bertz CT molecular complexity index is 2070. The Morgan fingerprint density at radius 1 is 0.248 bits per heavy atom. The molecule has 0 spiro atoms. The van der Waals surface area contributed by atoms with E-state index in [1.807, 2.05) is 0 Å². The summed E-state index contributed by atoms with van der Waals surface area (Å²) >= 11 is 0. The molecule has 0 saturated heterocycles. The zero-order chi connectivity index (χ0) is 79.7. The number of phosphoric acid groups is 2. The molecule has 109 heavy (non-hydrogen) atoms. The Balaban J connectivity index is 5.26. The average molecular weight is 1590 g/mol. The van der Waals surface area contributed by atoms with Gasteiger partial charge in [0.15, 0.2) is 12.2 Å². The van der Waals surface area contributed by atoms with Crippen molar-refractivity contribution in [2.24, 2.45) is 5.92 Å². The van der Waals surface area contributed by atoms with E-state index in [1.165, 1.54) is 315 Å². The molecule has 0 aromatic heterocycles. The van der Waals surface area contributed by atoms with Gasteiger partial charge in [0, 0.05) is 25.7 Å². The molecule has 0 saturated carbocycles. The highest BCUT2D eigenvalue weighted by Gasteiger charge is 2.31. The van der Waals surface area contributed by atoms with Crippen LogP contribution in [0.3, 0.4) is 0 Å². The molecule has 0 aromatic rings. The second-order valence-corrected chi connectivity index (χ2v) is 35.7. The summed E-state index contributed by atoms with van der Waals surface area (Å²) in [7, 11) is -9.93. The van der Waals surface area contributed by atoms with Gasteiger partial charge in [0.05, 0.1) is 26.4 Å². The van der Waals surface area contributed by atoms with Crippen LogP contribution in [0.15, 0.2) is 0 Å². The number of phosphoric ester groups is 2. The van der Waals surface area contributed by atoms with Crippen molar-refractivity contribution in [1.29, 1.82) is 0 Å². The van der Waals surface area contributed by atoms with E-state index in [1.54, 1.807) is 0 Å². The molecule has 0 amide bonds. The van der Waals surface area contributed by atoms with Gasteiger partial charge in [-0.3, -0.25) is 37.3 Å². The third-order valence-electron chi connectivity index (χ3n) is 21.3. The number of carbonyl (C=O) groups excluding carboxylic acids is 4. The molecule has 19 heteroatoms. The van der Waals surface area contributed by atoms with Gasteiger partial charge in [-0.1, -0.05) is 439 Å². The van der Waals surface area contributed by atoms with E-state index >= 15 is 0 Å². The summed E-state index contributed by atoms with van der Waals surface area (Å²) < 4.78 is 69.1. The molecule has 0 rings (SSSR count). The van der Waals surface area contributed by atoms with E-state index in [9.17, 15) is 43.2 Å². The number of ether oxygens (including phenoxy) is 4.